The summed E-state index contributed by atoms with van der Waals surface area (Å²) in [7, 11) is 1.88. The van der Waals surface area contributed by atoms with Crippen LogP contribution in [0.3, 0.4) is 0 Å². The Labute approximate surface area is 101 Å². The zero-order valence-corrected chi connectivity index (χ0v) is 10.7. The van der Waals surface area contributed by atoms with Crippen LogP contribution < -0.4 is 11.1 Å². The van der Waals surface area contributed by atoms with Crippen LogP contribution >= 0.6 is 23.2 Å². The lowest BCUT2D eigenvalue weighted by Crippen LogP contribution is -2.46. The first-order valence-corrected chi connectivity index (χ1v) is 5.53. The summed E-state index contributed by atoms with van der Waals surface area (Å²) in [6.07, 6.45) is 0. The predicted molar refractivity (Wildman–Crippen MR) is 66.5 cm³/mol. The lowest BCUT2D eigenvalue weighted by molar-refractivity contribution is 0.349. The summed E-state index contributed by atoms with van der Waals surface area (Å²) in [4.78, 5) is 0. The van der Waals surface area contributed by atoms with Crippen molar-refractivity contribution in [2.24, 2.45) is 5.73 Å². The number of rotatable bonds is 3. The molecule has 0 radical (unpaired) electrons. The van der Waals surface area contributed by atoms with E-state index in [1.807, 2.05) is 27.0 Å². The molecule has 3 N–H and O–H groups in total. The van der Waals surface area contributed by atoms with Crippen LogP contribution in [0.4, 0.5) is 0 Å². The first kappa shape index (κ1) is 12.8. The van der Waals surface area contributed by atoms with Crippen molar-refractivity contribution in [2.75, 3.05) is 7.05 Å². The Balaban J connectivity index is 3.06. The molecule has 1 atom stereocenters. The lowest BCUT2D eigenvalue weighted by Gasteiger charge is -2.32. The number of nitrogens with two attached hydrogens (primary N) is 1. The van der Waals surface area contributed by atoms with Gasteiger partial charge in [0, 0.05) is 21.6 Å². The highest BCUT2D eigenvalue weighted by Gasteiger charge is 2.27. The van der Waals surface area contributed by atoms with Gasteiger partial charge in [-0.3, -0.25) is 0 Å². The van der Waals surface area contributed by atoms with Crippen LogP contribution in [0, 0.1) is 0 Å². The van der Waals surface area contributed by atoms with Crippen molar-refractivity contribution in [1.29, 1.82) is 0 Å². The minimum Gasteiger partial charge on any atom is -0.322 e. The molecule has 0 saturated heterocycles. The number of benzene rings is 1. The molecule has 4 heteroatoms. The smallest absolute Gasteiger partial charge is 0.0489 e. The van der Waals surface area contributed by atoms with Crippen LogP contribution in [0.5, 0.6) is 0 Å². The number of nitrogens with one attached hydrogen (secondary N) is 1. The third-order valence-corrected chi connectivity index (χ3v) is 3.28. The number of hydrogen-bond acceptors (Lipinski definition) is 2. The van der Waals surface area contributed by atoms with Gasteiger partial charge in [0.05, 0.1) is 0 Å². The molecule has 84 valence electrons. The zero-order valence-electron chi connectivity index (χ0n) is 9.14. The highest BCUT2D eigenvalue weighted by molar-refractivity contribution is 6.35. The topological polar surface area (TPSA) is 38.0 Å². The average Bonchev–Trinajstić information content (AvgIpc) is 2.17. The number of likely N-dealkylation sites (N-methyl/N-ethyl adjacent to an activating group) is 1. The minimum atomic E-state index is -0.211. The third kappa shape index (κ3) is 2.85. The van der Waals surface area contributed by atoms with Gasteiger partial charge in [-0.1, -0.05) is 29.3 Å². The molecule has 0 aromatic heterocycles. The van der Waals surface area contributed by atoms with E-state index in [0.29, 0.717) is 10.0 Å². The van der Waals surface area contributed by atoms with Gasteiger partial charge in [-0.05, 0) is 38.6 Å². The number of halogens is 2. The fourth-order valence-corrected chi connectivity index (χ4v) is 1.82. The molecular weight excluding hydrogens is 231 g/mol. The van der Waals surface area contributed by atoms with E-state index in [1.54, 1.807) is 12.1 Å². The summed E-state index contributed by atoms with van der Waals surface area (Å²) in [6.45, 7) is 4.06. The van der Waals surface area contributed by atoms with Crippen LogP contribution in [-0.2, 0) is 0 Å². The Bertz CT molecular complexity index is 350. The van der Waals surface area contributed by atoms with Gasteiger partial charge in [0.25, 0.3) is 0 Å². The van der Waals surface area contributed by atoms with Crippen molar-refractivity contribution in [3.63, 3.8) is 0 Å². The van der Waals surface area contributed by atoms with Crippen LogP contribution in [0.1, 0.15) is 25.5 Å². The van der Waals surface area contributed by atoms with Gasteiger partial charge >= 0.3 is 0 Å². The van der Waals surface area contributed by atoms with Gasteiger partial charge in [0.1, 0.15) is 0 Å². The van der Waals surface area contributed by atoms with Gasteiger partial charge in [-0.25, -0.2) is 0 Å². The van der Waals surface area contributed by atoms with E-state index in [-0.39, 0.29) is 11.6 Å². The van der Waals surface area contributed by atoms with Crippen molar-refractivity contribution in [3.05, 3.63) is 33.8 Å². The van der Waals surface area contributed by atoms with E-state index in [9.17, 15) is 0 Å². The second-order valence-corrected chi connectivity index (χ2v) is 4.96. The normalized spacial score (nSPS) is 14.0. The highest BCUT2D eigenvalue weighted by Crippen LogP contribution is 2.30. The molecule has 0 amide bonds. The highest BCUT2D eigenvalue weighted by atomic mass is 35.5. The summed E-state index contributed by atoms with van der Waals surface area (Å²) in [5.74, 6) is 0. The maximum absolute atomic E-state index is 6.14. The fraction of sp³-hybridized carbons (Fsp3) is 0.455. The van der Waals surface area contributed by atoms with Crippen molar-refractivity contribution in [1.82, 2.24) is 5.32 Å². The summed E-state index contributed by atoms with van der Waals surface area (Å²) in [5.41, 5.74) is 6.84. The van der Waals surface area contributed by atoms with E-state index in [2.05, 4.69) is 5.32 Å². The molecule has 0 aliphatic rings. The second kappa shape index (κ2) is 4.71. The van der Waals surface area contributed by atoms with Gasteiger partial charge in [0.15, 0.2) is 0 Å². The van der Waals surface area contributed by atoms with E-state index < -0.39 is 0 Å². The summed E-state index contributed by atoms with van der Waals surface area (Å²) in [6, 6.07) is 5.21. The van der Waals surface area contributed by atoms with Gasteiger partial charge in [0.2, 0.25) is 0 Å². The van der Waals surface area contributed by atoms with Crippen LogP contribution in [-0.4, -0.2) is 12.6 Å². The van der Waals surface area contributed by atoms with Crippen molar-refractivity contribution in [3.8, 4) is 0 Å². The molecule has 1 unspecified atom stereocenters. The molecule has 1 aromatic rings. The van der Waals surface area contributed by atoms with Crippen molar-refractivity contribution >= 4 is 23.2 Å². The molecule has 0 fully saturated rings. The maximum atomic E-state index is 6.14. The first-order chi connectivity index (χ1) is 6.88. The van der Waals surface area contributed by atoms with E-state index in [0.717, 1.165) is 5.56 Å². The van der Waals surface area contributed by atoms with E-state index in [1.165, 1.54) is 0 Å². The molecule has 0 saturated carbocycles. The fourth-order valence-electron chi connectivity index (χ4n) is 1.30. The third-order valence-electron chi connectivity index (χ3n) is 2.72. The molecule has 0 heterocycles. The van der Waals surface area contributed by atoms with E-state index in [4.69, 9.17) is 28.9 Å². The molecular formula is C11H16Cl2N2. The van der Waals surface area contributed by atoms with E-state index >= 15 is 0 Å². The largest absolute Gasteiger partial charge is 0.322 e. The summed E-state index contributed by atoms with van der Waals surface area (Å²) < 4.78 is 0. The number of hydrogen-bond donors (Lipinski definition) is 2. The molecule has 0 bridgehead atoms. The van der Waals surface area contributed by atoms with Crippen LogP contribution in [0.2, 0.25) is 10.0 Å². The van der Waals surface area contributed by atoms with Gasteiger partial charge in [-0.15, -0.1) is 0 Å². The quantitative estimate of drug-likeness (QED) is 0.861. The van der Waals surface area contributed by atoms with Crippen LogP contribution in [0.15, 0.2) is 18.2 Å². The van der Waals surface area contributed by atoms with Crippen molar-refractivity contribution in [2.45, 2.75) is 25.4 Å². The van der Waals surface area contributed by atoms with Crippen LogP contribution in [0.25, 0.3) is 0 Å². The molecule has 15 heavy (non-hydrogen) atoms. The average molecular weight is 247 g/mol. The maximum Gasteiger partial charge on any atom is 0.0489 e. The van der Waals surface area contributed by atoms with Gasteiger partial charge in [-0.2, -0.15) is 0 Å². The summed E-state index contributed by atoms with van der Waals surface area (Å²) >= 11 is 11.9. The standard InChI is InChI=1S/C11H16Cl2N2/c1-11(2,15-3)10(14)8-5-4-7(12)6-9(8)13/h4-6,10,15H,14H2,1-3H3. The molecule has 1 aromatic carbocycles. The monoisotopic (exact) mass is 246 g/mol. The second-order valence-electron chi connectivity index (χ2n) is 4.12. The Hall–Kier alpha value is -0.280. The van der Waals surface area contributed by atoms with Crippen molar-refractivity contribution < 1.29 is 0 Å². The summed E-state index contributed by atoms with van der Waals surface area (Å²) in [5, 5.41) is 4.40. The minimum absolute atomic E-state index is 0.174. The predicted octanol–water partition coefficient (Wildman–Crippen LogP) is 2.99. The molecule has 0 aliphatic carbocycles. The SMILES string of the molecule is CNC(C)(C)C(N)c1ccc(Cl)cc1Cl. The first-order valence-electron chi connectivity index (χ1n) is 4.78. The lowest BCUT2D eigenvalue weighted by atomic mass is 9.89. The Kier molecular flexibility index (Phi) is 4.01. The Morgan fingerprint density at radius 3 is 2.40 bits per heavy atom. The Morgan fingerprint density at radius 1 is 1.33 bits per heavy atom. The zero-order chi connectivity index (χ0) is 11.6. The molecule has 1 rings (SSSR count). The van der Waals surface area contributed by atoms with Gasteiger partial charge < -0.3 is 11.1 Å². The molecule has 0 aliphatic heterocycles. The Morgan fingerprint density at radius 2 is 1.93 bits per heavy atom. The molecule has 2 nitrogen and oxygen atoms in total. The molecule has 0 spiro atoms.